The number of pyridine rings is 1. The van der Waals surface area contributed by atoms with E-state index in [4.69, 9.17) is 14.6 Å². The van der Waals surface area contributed by atoms with Gasteiger partial charge in [-0.3, -0.25) is 9.78 Å². The van der Waals surface area contributed by atoms with Crippen LogP contribution < -0.4 is 9.47 Å². The highest BCUT2D eigenvalue weighted by molar-refractivity contribution is 5.87. The lowest BCUT2D eigenvalue weighted by Gasteiger charge is -2.11. The highest BCUT2D eigenvalue weighted by Crippen LogP contribution is 2.31. The van der Waals surface area contributed by atoms with Crippen molar-refractivity contribution >= 4 is 16.9 Å². The van der Waals surface area contributed by atoms with E-state index < -0.39 is 11.9 Å². The summed E-state index contributed by atoms with van der Waals surface area (Å²) >= 11 is 0. The predicted octanol–water partition coefficient (Wildman–Crippen LogP) is 2.44. The number of carboxylic acid groups (broad SMARTS) is 1. The molecule has 100 valence electrons. The van der Waals surface area contributed by atoms with E-state index in [1.807, 2.05) is 6.07 Å². The number of aromatic nitrogens is 1. The number of nitrogens with zero attached hydrogens (tertiary/aromatic N) is 1. The molecule has 0 aliphatic rings. The Bertz CT molecular complexity index is 624. The van der Waals surface area contributed by atoms with Gasteiger partial charge < -0.3 is 14.6 Å². The van der Waals surface area contributed by atoms with E-state index in [0.29, 0.717) is 22.7 Å². The van der Waals surface area contributed by atoms with Crippen molar-refractivity contribution in [2.24, 2.45) is 0 Å². The zero-order valence-electron chi connectivity index (χ0n) is 11.0. The summed E-state index contributed by atoms with van der Waals surface area (Å²) in [6, 6.07) is 7.05. The lowest BCUT2D eigenvalue weighted by Crippen LogP contribution is -2.09. The summed E-state index contributed by atoms with van der Waals surface area (Å²) in [6.45, 7) is 1.61. The number of benzene rings is 1. The van der Waals surface area contributed by atoms with Crippen LogP contribution in [0.1, 0.15) is 18.5 Å². The topological polar surface area (TPSA) is 68.7 Å². The van der Waals surface area contributed by atoms with E-state index in [-0.39, 0.29) is 0 Å². The lowest BCUT2D eigenvalue weighted by molar-refractivity contribution is -0.138. The van der Waals surface area contributed by atoms with Gasteiger partial charge in [-0.1, -0.05) is 0 Å². The number of fused-ring (bicyclic) bond motifs is 1. The maximum absolute atomic E-state index is 11.0. The molecular weight excluding hydrogens is 246 g/mol. The van der Waals surface area contributed by atoms with Crippen molar-refractivity contribution in [2.45, 2.75) is 12.8 Å². The van der Waals surface area contributed by atoms with Crippen LogP contribution in [0.2, 0.25) is 0 Å². The molecule has 1 heterocycles. The molecule has 1 atom stereocenters. The molecule has 19 heavy (non-hydrogen) atoms. The molecule has 0 radical (unpaired) electrons. The van der Waals surface area contributed by atoms with Crippen molar-refractivity contribution in [1.82, 2.24) is 4.98 Å². The van der Waals surface area contributed by atoms with Crippen LogP contribution in [-0.2, 0) is 4.79 Å². The molecule has 0 aliphatic heterocycles. The normalized spacial score (nSPS) is 12.2. The average Bonchev–Trinajstić information content (AvgIpc) is 2.44. The number of hydrogen-bond acceptors (Lipinski definition) is 4. The summed E-state index contributed by atoms with van der Waals surface area (Å²) in [4.78, 5) is 15.4. The fraction of sp³-hybridized carbons (Fsp3) is 0.286. The van der Waals surface area contributed by atoms with E-state index in [0.717, 1.165) is 5.39 Å². The van der Waals surface area contributed by atoms with E-state index >= 15 is 0 Å². The number of aliphatic carboxylic acids is 1. The second-order valence-electron chi connectivity index (χ2n) is 4.19. The molecule has 1 aromatic carbocycles. The Morgan fingerprint density at radius 3 is 2.58 bits per heavy atom. The summed E-state index contributed by atoms with van der Waals surface area (Å²) < 4.78 is 10.5. The number of ether oxygens (including phenoxy) is 2. The van der Waals surface area contributed by atoms with E-state index in [2.05, 4.69) is 4.98 Å². The van der Waals surface area contributed by atoms with Gasteiger partial charge >= 0.3 is 5.97 Å². The van der Waals surface area contributed by atoms with Gasteiger partial charge in [-0.25, -0.2) is 0 Å². The van der Waals surface area contributed by atoms with Gasteiger partial charge in [0, 0.05) is 17.5 Å². The van der Waals surface area contributed by atoms with Crippen LogP contribution >= 0.6 is 0 Å². The minimum Gasteiger partial charge on any atom is -0.497 e. The summed E-state index contributed by atoms with van der Waals surface area (Å²) in [5, 5.41) is 9.84. The minimum atomic E-state index is -0.901. The van der Waals surface area contributed by atoms with Crippen LogP contribution in [0, 0.1) is 0 Å². The molecule has 5 nitrogen and oxygen atoms in total. The molecule has 0 spiro atoms. The molecule has 1 aromatic heterocycles. The zero-order chi connectivity index (χ0) is 14.0. The molecule has 1 N–H and O–H groups in total. The maximum atomic E-state index is 11.0. The number of carbonyl (C=O) groups is 1. The van der Waals surface area contributed by atoms with Gasteiger partial charge in [-0.2, -0.15) is 0 Å². The predicted molar refractivity (Wildman–Crippen MR) is 70.9 cm³/mol. The van der Waals surface area contributed by atoms with Crippen LogP contribution in [0.5, 0.6) is 11.5 Å². The quantitative estimate of drug-likeness (QED) is 0.915. The van der Waals surface area contributed by atoms with Crippen molar-refractivity contribution in [3.63, 3.8) is 0 Å². The Kier molecular flexibility index (Phi) is 3.55. The third-order valence-corrected chi connectivity index (χ3v) is 3.03. The molecule has 0 aliphatic carbocycles. The zero-order valence-corrected chi connectivity index (χ0v) is 11.0. The molecule has 5 heteroatoms. The van der Waals surface area contributed by atoms with Gasteiger partial charge in [-0.05, 0) is 19.1 Å². The summed E-state index contributed by atoms with van der Waals surface area (Å²) in [5.74, 6) is -0.281. The van der Waals surface area contributed by atoms with Crippen molar-refractivity contribution < 1.29 is 19.4 Å². The monoisotopic (exact) mass is 261 g/mol. The number of hydrogen-bond donors (Lipinski definition) is 1. The maximum Gasteiger partial charge on any atom is 0.312 e. The smallest absolute Gasteiger partial charge is 0.312 e. The molecule has 0 amide bonds. The van der Waals surface area contributed by atoms with Crippen LogP contribution in [0.3, 0.4) is 0 Å². The molecule has 1 unspecified atom stereocenters. The van der Waals surface area contributed by atoms with Crippen molar-refractivity contribution in [3.05, 3.63) is 30.0 Å². The van der Waals surface area contributed by atoms with Crippen LogP contribution in [-0.4, -0.2) is 30.3 Å². The van der Waals surface area contributed by atoms with Crippen molar-refractivity contribution in [2.75, 3.05) is 14.2 Å². The Balaban J connectivity index is 2.61. The van der Waals surface area contributed by atoms with Gasteiger partial charge in [0.25, 0.3) is 0 Å². The molecule has 2 aromatic rings. The Labute approximate surface area is 110 Å². The lowest BCUT2D eigenvalue weighted by atomic mass is 10.1. The molecule has 2 rings (SSSR count). The Hall–Kier alpha value is -2.30. The first-order chi connectivity index (χ1) is 9.06. The number of carboxylic acids is 1. The molecule has 0 bridgehead atoms. The van der Waals surface area contributed by atoms with Gasteiger partial charge in [0.05, 0.1) is 31.3 Å². The van der Waals surface area contributed by atoms with E-state index in [1.54, 1.807) is 39.3 Å². The summed E-state index contributed by atoms with van der Waals surface area (Å²) in [5.41, 5.74) is 1.16. The third kappa shape index (κ3) is 2.45. The Morgan fingerprint density at radius 2 is 2.00 bits per heavy atom. The standard InChI is InChI=1S/C14H15NO4/c1-8(14(16)17)11-5-4-10-12(15-11)6-9(18-2)7-13(10)19-3/h4-8H,1-3H3,(H,16,17). The first kappa shape index (κ1) is 13.1. The van der Waals surface area contributed by atoms with Crippen LogP contribution in [0.15, 0.2) is 24.3 Å². The molecule has 0 saturated carbocycles. The van der Waals surface area contributed by atoms with Crippen LogP contribution in [0.4, 0.5) is 0 Å². The first-order valence-corrected chi connectivity index (χ1v) is 5.82. The molecular formula is C14H15NO4. The molecule has 0 saturated heterocycles. The molecule has 0 fully saturated rings. The number of methoxy groups -OCH3 is 2. The fourth-order valence-corrected chi connectivity index (χ4v) is 1.85. The average molecular weight is 261 g/mol. The van der Waals surface area contributed by atoms with Gasteiger partial charge in [-0.15, -0.1) is 0 Å². The largest absolute Gasteiger partial charge is 0.497 e. The fourth-order valence-electron chi connectivity index (χ4n) is 1.85. The van der Waals surface area contributed by atoms with Gasteiger partial charge in [0.15, 0.2) is 0 Å². The highest BCUT2D eigenvalue weighted by Gasteiger charge is 2.16. The van der Waals surface area contributed by atoms with Crippen LogP contribution in [0.25, 0.3) is 10.9 Å². The van der Waals surface area contributed by atoms with Crippen molar-refractivity contribution in [3.8, 4) is 11.5 Å². The minimum absolute atomic E-state index is 0.510. The highest BCUT2D eigenvalue weighted by atomic mass is 16.5. The third-order valence-electron chi connectivity index (χ3n) is 3.03. The van der Waals surface area contributed by atoms with Crippen molar-refractivity contribution in [1.29, 1.82) is 0 Å². The van der Waals surface area contributed by atoms with E-state index in [1.165, 1.54) is 0 Å². The van der Waals surface area contributed by atoms with E-state index in [9.17, 15) is 4.79 Å². The van der Waals surface area contributed by atoms with Gasteiger partial charge in [0.1, 0.15) is 11.5 Å². The number of rotatable bonds is 4. The summed E-state index contributed by atoms with van der Waals surface area (Å²) in [7, 11) is 3.13. The summed E-state index contributed by atoms with van der Waals surface area (Å²) in [6.07, 6.45) is 0. The second-order valence-corrected chi connectivity index (χ2v) is 4.19. The first-order valence-electron chi connectivity index (χ1n) is 5.82. The second kappa shape index (κ2) is 5.14. The van der Waals surface area contributed by atoms with Gasteiger partial charge in [0.2, 0.25) is 0 Å². The SMILES string of the molecule is COc1cc(OC)c2ccc(C(C)C(=O)O)nc2c1. The Morgan fingerprint density at radius 1 is 1.26 bits per heavy atom.